The number of carbonyl (C=O) groups excluding carboxylic acids is 2. The fourth-order valence-corrected chi connectivity index (χ4v) is 2.14. The number of esters is 1. The second-order valence-corrected chi connectivity index (χ2v) is 5.80. The van der Waals surface area contributed by atoms with Crippen molar-refractivity contribution in [3.63, 3.8) is 0 Å². The minimum absolute atomic E-state index is 0.141. The lowest BCUT2D eigenvalue weighted by molar-refractivity contribution is -0.148. The van der Waals surface area contributed by atoms with Gasteiger partial charge in [-0.3, -0.25) is 4.79 Å². The maximum Gasteiger partial charge on any atom is 0.329 e. The summed E-state index contributed by atoms with van der Waals surface area (Å²) in [7, 11) is 0. The van der Waals surface area contributed by atoms with Gasteiger partial charge in [-0.25, -0.2) is 9.18 Å². The molecule has 2 rings (SSSR count). The third-order valence-corrected chi connectivity index (χ3v) is 3.54. The first-order chi connectivity index (χ1) is 11.5. The zero-order valence-electron chi connectivity index (χ0n) is 13.7. The topological polar surface area (TPSA) is 55.4 Å². The number of rotatable bonds is 6. The Kier molecular flexibility index (Phi) is 6.07. The smallest absolute Gasteiger partial charge is 0.329 e. The maximum absolute atomic E-state index is 12.9. The fourth-order valence-electron chi connectivity index (χ4n) is 2.14. The van der Waals surface area contributed by atoms with Crippen LogP contribution in [0.4, 0.5) is 4.39 Å². The van der Waals surface area contributed by atoms with Crippen LogP contribution in [0.1, 0.15) is 29.8 Å². The molecule has 0 fully saturated rings. The van der Waals surface area contributed by atoms with E-state index in [2.05, 4.69) is 5.32 Å². The number of hydrogen-bond donors (Lipinski definition) is 1. The SMILES string of the molecule is CC(C)C(NC(=O)c1ccc(F)cc1)C(=O)OCc1ccccc1. The number of benzene rings is 2. The molecule has 0 saturated heterocycles. The first kappa shape index (κ1) is 17.7. The van der Waals surface area contributed by atoms with E-state index in [0.717, 1.165) is 5.56 Å². The van der Waals surface area contributed by atoms with E-state index in [-0.39, 0.29) is 18.1 Å². The van der Waals surface area contributed by atoms with Crippen LogP contribution in [0, 0.1) is 11.7 Å². The first-order valence-electron chi connectivity index (χ1n) is 7.74. The van der Waals surface area contributed by atoms with Gasteiger partial charge in [-0.1, -0.05) is 44.2 Å². The summed E-state index contributed by atoms with van der Waals surface area (Å²) in [5.41, 5.74) is 1.16. The van der Waals surface area contributed by atoms with Gasteiger partial charge in [0.25, 0.3) is 5.91 Å². The summed E-state index contributed by atoms with van der Waals surface area (Å²) < 4.78 is 18.2. The van der Waals surface area contributed by atoms with E-state index in [4.69, 9.17) is 4.74 Å². The van der Waals surface area contributed by atoms with Crippen LogP contribution in [0.5, 0.6) is 0 Å². The fraction of sp³-hybridized carbons (Fsp3) is 0.263. The van der Waals surface area contributed by atoms with Crippen LogP contribution >= 0.6 is 0 Å². The average Bonchev–Trinajstić information content (AvgIpc) is 2.58. The van der Waals surface area contributed by atoms with Crippen molar-refractivity contribution in [3.05, 3.63) is 71.5 Å². The molecule has 0 aliphatic carbocycles. The van der Waals surface area contributed by atoms with Crippen LogP contribution in [0.3, 0.4) is 0 Å². The van der Waals surface area contributed by atoms with E-state index in [9.17, 15) is 14.0 Å². The Hall–Kier alpha value is -2.69. The Balaban J connectivity index is 1.99. The molecule has 0 radical (unpaired) electrons. The summed E-state index contributed by atoms with van der Waals surface area (Å²) in [5, 5.41) is 2.65. The van der Waals surface area contributed by atoms with Gasteiger partial charge in [0.05, 0.1) is 0 Å². The lowest BCUT2D eigenvalue weighted by Gasteiger charge is -2.21. The molecule has 0 heterocycles. The number of halogens is 1. The Labute approximate surface area is 140 Å². The van der Waals surface area contributed by atoms with Crippen LogP contribution in [-0.4, -0.2) is 17.9 Å². The van der Waals surface area contributed by atoms with Crippen molar-refractivity contribution < 1.29 is 18.7 Å². The van der Waals surface area contributed by atoms with Gasteiger partial charge in [-0.2, -0.15) is 0 Å². The summed E-state index contributed by atoms with van der Waals surface area (Å²) in [4.78, 5) is 24.5. The van der Waals surface area contributed by atoms with Crippen molar-refractivity contribution in [3.8, 4) is 0 Å². The summed E-state index contributed by atoms with van der Waals surface area (Å²) >= 11 is 0. The van der Waals surface area contributed by atoms with Crippen molar-refractivity contribution in [1.82, 2.24) is 5.32 Å². The van der Waals surface area contributed by atoms with E-state index in [1.807, 2.05) is 44.2 Å². The Morgan fingerprint density at radius 2 is 1.67 bits per heavy atom. The first-order valence-corrected chi connectivity index (χ1v) is 7.74. The third kappa shape index (κ3) is 4.91. The van der Waals surface area contributed by atoms with Gasteiger partial charge in [0.1, 0.15) is 18.5 Å². The highest BCUT2D eigenvalue weighted by Gasteiger charge is 2.26. The van der Waals surface area contributed by atoms with Crippen molar-refractivity contribution in [2.75, 3.05) is 0 Å². The van der Waals surface area contributed by atoms with Gasteiger partial charge in [0, 0.05) is 5.56 Å². The van der Waals surface area contributed by atoms with Gasteiger partial charge in [-0.15, -0.1) is 0 Å². The van der Waals surface area contributed by atoms with Gasteiger partial charge in [0.15, 0.2) is 0 Å². The van der Waals surface area contributed by atoms with Crippen LogP contribution in [0.15, 0.2) is 54.6 Å². The van der Waals surface area contributed by atoms with E-state index < -0.39 is 23.7 Å². The second kappa shape index (κ2) is 8.24. The second-order valence-electron chi connectivity index (χ2n) is 5.80. The van der Waals surface area contributed by atoms with Crippen molar-refractivity contribution in [1.29, 1.82) is 0 Å². The number of nitrogens with one attached hydrogen (secondary N) is 1. The molecule has 5 heteroatoms. The molecule has 0 aliphatic rings. The number of hydrogen-bond acceptors (Lipinski definition) is 3. The number of carbonyl (C=O) groups is 2. The van der Waals surface area contributed by atoms with Gasteiger partial charge < -0.3 is 10.1 Å². The molecule has 0 bridgehead atoms. The van der Waals surface area contributed by atoms with E-state index in [1.165, 1.54) is 24.3 Å². The lowest BCUT2D eigenvalue weighted by Crippen LogP contribution is -2.45. The average molecular weight is 329 g/mol. The Bertz CT molecular complexity index is 684. The monoisotopic (exact) mass is 329 g/mol. The van der Waals surface area contributed by atoms with Crippen molar-refractivity contribution in [2.45, 2.75) is 26.5 Å². The zero-order valence-corrected chi connectivity index (χ0v) is 13.7. The molecule has 1 atom stereocenters. The quantitative estimate of drug-likeness (QED) is 0.827. The van der Waals surface area contributed by atoms with Gasteiger partial charge in [-0.05, 0) is 35.7 Å². The molecule has 2 aromatic rings. The normalized spacial score (nSPS) is 11.8. The highest BCUT2D eigenvalue weighted by molar-refractivity contribution is 5.96. The number of ether oxygens (including phenoxy) is 1. The summed E-state index contributed by atoms with van der Waals surface area (Å²) in [6.07, 6.45) is 0. The summed E-state index contributed by atoms with van der Waals surface area (Å²) in [6, 6.07) is 13.7. The van der Waals surface area contributed by atoms with Gasteiger partial charge >= 0.3 is 5.97 Å². The molecule has 1 N–H and O–H groups in total. The molecule has 4 nitrogen and oxygen atoms in total. The zero-order chi connectivity index (χ0) is 17.5. The summed E-state index contributed by atoms with van der Waals surface area (Å²) in [5.74, 6) is -1.50. The molecule has 24 heavy (non-hydrogen) atoms. The largest absolute Gasteiger partial charge is 0.459 e. The molecule has 1 unspecified atom stereocenters. The third-order valence-electron chi connectivity index (χ3n) is 3.54. The highest BCUT2D eigenvalue weighted by atomic mass is 19.1. The Morgan fingerprint density at radius 3 is 2.25 bits per heavy atom. The van der Waals surface area contributed by atoms with Crippen LogP contribution in [-0.2, 0) is 16.1 Å². The van der Waals surface area contributed by atoms with Crippen molar-refractivity contribution in [2.24, 2.45) is 5.92 Å². The minimum Gasteiger partial charge on any atom is -0.459 e. The molecule has 2 aromatic carbocycles. The summed E-state index contributed by atoms with van der Waals surface area (Å²) in [6.45, 7) is 3.79. The molecular weight excluding hydrogens is 309 g/mol. The molecular formula is C19H20FNO3. The molecule has 1 amide bonds. The van der Waals surface area contributed by atoms with Crippen molar-refractivity contribution >= 4 is 11.9 Å². The Morgan fingerprint density at radius 1 is 1.04 bits per heavy atom. The predicted octanol–water partition coefficient (Wildman–Crippen LogP) is 3.32. The lowest BCUT2D eigenvalue weighted by atomic mass is 10.0. The van der Waals surface area contributed by atoms with E-state index >= 15 is 0 Å². The van der Waals surface area contributed by atoms with E-state index in [1.54, 1.807) is 0 Å². The number of amides is 1. The van der Waals surface area contributed by atoms with E-state index in [0.29, 0.717) is 0 Å². The van der Waals surface area contributed by atoms with Crippen LogP contribution in [0.25, 0.3) is 0 Å². The van der Waals surface area contributed by atoms with Crippen LogP contribution < -0.4 is 5.32 Å². The minimum atomic E-state index is -0.772. The molecule has 0 aromatic heterocycles. The maximum atomic E-state index is 12.9. The molecule has 126 valence electrons. The molecule has 0 spiro atoms. The predicted molar refractivity (Wildman–Crippen MR) is 88.7 cm³/mol. The standard InChI is InChI=1S/C19H20FNO3/c1-13(2)17(19(23)24-12-14-6-4-3-5-7-14)21-18(22)15-8-10-16(20)11-9-15/h3-11,13,17H,12H2,1-2H3,(H,21,22). The van der Waals surface area contributed by atoms with Crippen LogP contribution in [0.2, 0.25) is 0 Å². The van der Waals surface area contributed by atoms with Gasteiger partial charge in [0.2, 0.25) is 0 Å². The molecule has 0 aliphatic heterocycles. The molecule has 0 saturated carbocycles. The highest BCUT2D eigenvalue weighted by Crippen LogP contribution is 2.09.